The van der Waals surface area contributed by atoms with Gasteiger partial charge in [0, 0.05) is 16.9 Å². The molecule has 4 aromatic rings. The van der Waals surface area contributed by atoms with Crippen molar-refractivity contribution in [1.29, 1.82) is 0 Å². The number of nitrogens with zero attached hydrogens (tertiary/aromatic N) is 4. The minimum atomic E-state index is -3.80. The first-order chi connectivity index (χ1) is 20.3. The van der Waals surface area contributed by atoms with Gasteiger partial charge in [-0.2, -0.15) is 19.3 Å². The molecule has 0 bridgehead atoms. The summed E-state index contributed by atoms with van der Waals surface area (Å²) in [4.78, 5) is 14.6. The van der Waals surface area contributed by atoms with Crippen LogP contribution in [0.15, 0.2) is 124 Å². The molecular formula is C33H30N5O3S+. The molecule has 0 saturated heterocycles. The molecule has 2 N–H and O–H groups in total. The van der Waals surface area contributed by atoms with Gasteiger partial charge in [-0.15, -0.1) is 4.59 Å². The van der Waals surface area contributed by atoms with E-state index in [1.165, 1.54) is 0 Å². The van der Waals surface area contributed by atoms with Crippen LogP contribution in [0.5, 0.6) is 0 Å². The van der Waals surface area contributed by atoms with Crippen LogP contribution in [-0.4, -0.2) is 36.7 Å². The molecule has 3 aliphatic rings. The highest BCUT2D eigenvalue weighted by Gasteiger charge is 2.48. The highest BCUT2D eigenvalue weighted by atomic mass is 32.2. The number of allylic oxidation sites excluding steroid dienone is 2. The molecule has 1 fully saturated rings. The summed E-state index contributed by atoms with van der Waals surface area (Å²) >= 11 is 0. The first-order valence-corrected chi connectivity index (χ1v) is 15.4. The zero-order valence-corrected chi connectivity index (χ0v) is 23.9. The van der Waals surface area contributed by atoms with E-state index in [1.54, 1.807) is 36.7 Å². The number of fused-ring (bicyclic) bond motifs is 2. The first kappa shape index (κ1) is 26.6. The van der Waals surface area contributed by atoms with E-state index < -0.39 is 10.1 Å². The van der Waals surface area contributed by atoms with Crippen LogP contribution in [0.25, 0.3) is 22.2 Å². The van der Waals surface area contributed by atoms with Crippen molar-refractivity contribution in [2.45, 2.75) is 24.7 Å². The summed E-state index contributed by atoms with van der Waals surface area (Å²) in [7, 11) is -3.80. The Hall–Kier alpha value is -4.28. The van der Waals surface area contributed by atoms with Gasteiger partial charge < -0.3 is 0 Å². The molecule has 8 nitrogen and oxygen atoms in total. The van der Waals surface area contributed by atoms with Crippen LogP contribution in [0.4, 0.5) is 0 Å². The van der Waals surface area contributed by atoms with Crippen LogP contribution in [-0.2, 0) is 14.3 Å². The van der Waals surface area contributed by atoms with E-state index in [2.05, 4.69) is 11.1 Å². The van der Waals surface area contributed by atoms with Crippen LogP contribution in [0.3, 0.4) is 0 Å². The number of aromatic nitrogens is 1. The van der Waals surface area contributed by atoms with E-state index in [1.807, 2.05) is 67.7 Å². The second kappa shape index (κ2) is 10.2. The second-order valence-corrected chi connectivity index (χ2v) is 12.7. The molecule has 2 aliphatic heterocycles. The SMILES string of the molecule is Cc1ccc(S(=O)(=O)OCC2CC(C3=C4C=NC=C[N+]4(N)C(c4ccc5ccc(-c6ccccc6)nc5c4)=N3)C2)cc1. The van der Waals surface area contributed by atoms with Crippen molar-refractivity contribution in [1.82, 2.24) is 4.98 Å². The Morgan fingerprint density at radius 1 is 0.952 bits per heavy atom. The highest BCUT2D eigenvalue weighted by Crippen LogP contribution is 2.45. The number of rotatable bonds is 7. The normalized spacial score (nSPS) is 23.1. The van der Waals surface area contributed by atoms with Gasteiger partial charge in [-0.25, -0.2) is 4.98 Å². The Balaban J connectivity index is 1.12. The van der Waals surface area contributed by atoms with E-state index in [9.17, 15) is 8.42 Å². The standard InChI is InChI=1S/C33H30N5O3S/c1-22-7-12-28(13-8-22)42(39,40)41-21-23-17-27(18-23)32-31-20-35-15-16-38(31,34)33(37-32)26-10-9-25-11-14-29(36-30(25)19-26)24-5-3-2-4-6-24/h2-16,19-20,23,27H,17-18,21,34H2,1H3/q+1. The Morgan fingerprint density at radius 2 is 1.71 bits per heavy atom. The number of nitrogens with two attached hydrogens (primary N) is 1. The van der Waals surface area contributed by atoms with E-state index in [0.29, 0.717) is 5.84 Å². The lowest BCUT2D eigenvalue weighted by Gasteiger charge is -2.34. The molecule has 3 aromatic carbocycles. The largest absolute Gasteiger partial charge is 0.296 e. The van der Waals surface area contributed by atoms with Crippen molar-refractivity contribution >= 4 is 33.1 Å². The molecule has 0 amide bonds. The second-order valence-electron chi connectivity index (χ2n) is 11.1. The summed E-state index contributed by atoms with van der Waals surface area (Å²) in [6.07, 6.45) is 6.84. The van der Waals surface area contributed by atoms with E-state index >= 15 is 0 Å². The maximum atomic E-state index is 12.6. The third kappa shape index (κ3) is 4.70. The third-order valence-corrected chi connectivity index (χ3v) is 9.53. The van der Waals surface area contributed by atoms with Crippen molar-refractivity contribution < 1.29 is 17.2 Å². The van der Waals surface area contributed by atoms with Crippen LogP contribution < -0.4 is 5.84 Å². The lowest BCUT2D eigenvalue weighted by molar-refractivity contribution is -0.750. The Labute approximate surface area is 244 Å². The molecule has 0 radical (unpaired) electrons. The van der Waals surface area contributed by atoms with Gasteiger partial charge in [0.2, 0.25) is 5.70 Å². The van der Waals surface area contributed by atoms with Gasteiger partial charge >= 0.3 is 0 Å². The quantitative estimate of drug-likeness (QED) is 0.169. The third-order valence-electron chi connectivity index (χ3n) is 8.23. The van der Waals surface area contributed by atoms with Gasteiger partial charge in [-0.1, -0.05) is 60.2 Å². The molecule has 7 rings (SSSR count). The maximum absolute atomic E-state index is 12.6. The van der Waals surface area contributed by atoms with Gasteiger partial charge in [0.15, 0.2) is 0 Å². The summed E-state index contributed by atoms with van der Waals surface area (Å²) in [5, 5.41) is 1.03. The average molecular weight is 577 g/mol. The number of hydrogen-bond acceptors (Lipinski definition) is 7. The Bertz CT molecular complexity index is 1930. The summed E-state index contributed by atoms with van der Waals surface area (Å²) in [5.41, 5.74) is 6.43. The minimum absolute atomic E-state index is 0.0673. The van der Waals surface area contributed by atoms with E-state index in [-0.39, 0.29) is 27.9 Å². The van der Waals surface area contributed by atoms with Crippen molar-refractivity contribution in [3.8, 4) is 11.3 Å². The van der Waals surface area contributed by atoms with Crippen LogP contribution in [0.1, 0.15) is 24.0 Å². The highest BCUT2D eigenvalue weighted by molar-refractivity contribution is 7.86. The number of aryl methyl sites for hydroxylation is 1. The van der Waals surface area contributed by atoms with Crippen molar-refractivity contribution in [3.63, 3.8) is 0 Å². The average Bonchev–Trinajstić information content (AvgIpc) is 3.29. The Morgan fingerprint density at radius 3 is 2.50 bits per heavy atom. The van der Waals surface area contributed by atoms with E-state index in [0.717, 1.165) is 57.5 Å². The number of quaternary nitrogens is 1. The molecule has 1 aromatic heterocycles. The zero-order valence-electron chi connectivity index (χ0n) is 23.1. The summed E-state index contributed by atoms with van der Waals surface area (Å²) in [5.74, 6) is 7.94. The van der Waals surface area contributed by atoms with Crippen LogP contribution in [0.2, 0.25) is 0 Å². The number of hydrogen-bond donors (Lipinski definition) is 1. The fourth-order valence-electron chi connectivity index (χ4n) is 5.79. The minimum Gasteiger partial charge on any atom is -0.266 e. The molecule has 210 valence electrons. The topological polar surface area (TPSA) is 107 Å². The van der Waals surface area contributed by atoms with Crippen molar-refractivity contribution in [2.75, 3.05) is 6.61 Å². The smallest absolute Gasteiger partial charge is 0.266 e. The van der Waals surface area contributed by atoms with E-state index in [4.69, 9.17) is 20.0 Å². The summed E-state index contributed by atoms with van der Waals surface area (Å²) < 4.78 is 30.6. The lowest BCUT2D eigenvalue weighted by Crippen LogP contribution is -2.53. The lowest BCUT2D eigenvalue weighted by atomic mass is 9.73. The van der Waals surface area contributed by atoms with Crippen LogP contribution >= 0.6 is 0 Å². The van der Waals surface area contributed by atoms with Crippen LogP contribution in [0, 0.1) is 18.8 Å². The van der Waals surface area contributed by atoms with Crippen molar-refractivity contribution in [2.24, 2.45) is 27.7 Å². The predicted octanol–water partition coefficient (Wildman–Crippen LogP) is 5.86. The fraction of sp³-hybridized carbons (Fsp3) is 0.182. The molecular weight excluding hydrogens is 546 g/mol. The summed E-state index contributed by atoms with van der Waals surface area (Å²) in [6.45, 7) is 2.06. The molecule has 1 saturated carbocycles. The molecule has 42 heavy (non-hydrogen) atoms. The fourth-order valence-corrected chi connectivity index (χ4v) is 6.76. The van der Waals surface area contributed by atoms with Gasteiger partial charge in [-0.05, 0) is 56.0 Å². The molecule has 9 heteroatoms. The predicted molar refractivity (Wildman–Crippen MR) is 163 cm³/mol. The molecule has 3 heterocycles. The van der Waals surface area contributed by atoms with Gasteiger partial charge in [-0.3, -0.25) is 9.18 Å². The van der Waals surface area contributed by atoms with Gasteiger partial charge in [0.1, 0.15) is 11.9 Å². The van der Waals surface area contributed by atoms with Crippen molar-refractivity contribution in [3.05, 3.63) is 120 Å². The first-order valence-electron chi connectivity index (χ1n) is 13.9. The monoisotopic (exact) mass is 576 g/mol. The zero-order chi connectivity index (χ0) is 28.9. The molecule has 0 spiro atoms. The number of pyridine rings is 1. The number of aliphatic imine (C=N–C) groups is 2. The molecule has 1 aliphatic carbocycles. The molecule has 1 atom stereocenters. The maximum Gasteiger partial charge on any atom is 0.296 e. The molecule has 1 unspecified atom stereocenters. The number of benzene rings is 3. The number of amidine groups is 1. The van der Waals surface area contributed by atoms with Gasteiger partial charge in [0.05, 0.1) is 40.7 Å². The Kier molecular flexibility index (Phi) is 6.47. The summed E-state index contributed by atoms with van der Waals surface area (Å²) in [6, 6.07) is 27.0. The van der Waals surface area contributed by atoms with Gasteiger partial charge in [0.25, 0.3) is 16.0 Å².